The Morgan fingerprint density at radius 1 is 1.04 bits per heavy atom. The fraction of sp³-hybridized carbons (Fsp3) is 0.824. The summed E-state index contributed by atoms with van der Waals surface area (Å²) < 4.78 is 0. The molecular weight excluding hydrogens is 356 g/mol. The zero-order chi connectivity index (χ0) is 20.0. The van der Waals surface area contributed by atoms with Gasteiger partial charge in [0, 0.05) is 31.8 Å². The van der Waals surface area contributed by atoms with Crippen LogP contribution in [-0.2, 0) is 9.59 Å². The number of carbonyl (C=O) groups is 3. The average molecular weight is 386 g/mol. The van der Waals surface area contributed by atoms with Crippen molar-refractivity contribution < 1.29 is 29.7 Å². The SMILES string of the molecule is NC(=O)CCNC(=O)[C@@]1(O)C[C@@H](O)[C@H](O)[C@@H](NC(=O)NC2CCCCC2)C1. The molecule has 8 N–H and O–H groups in total. The molecule has 2 aliphatic rings. The third kappa shape index (κ3) is 6.05. The standard InChI is InChI=1S/C17H30N4O6/c18-13(23)6-7-19-15(25)17(27)8-11(14(24)12(22)9-17)21-16(26)20-10-4-2-1-3-5-10/h10-12,14,22,24,27H,1-9H2,(H2,18,23)(H,19,25)(H2,20,21,26)/t11-,12+,14+,17-/m0/s1. The maximum atomic E-state index is 12.3. The summed E-state index contributed by atoms with van der Waals surface area (Å²) >= 11 is 0. The third-order valence-electron chi connectivity index (χ3n) is 5.25. The first-order valence-electron chi connectivity index (χ1n) is 9.43. The van der Waals surface area contributed by atoms with Gasteiger partial charge in [0.05, 0.1) is 12.1 Å². The van der Waals surface area contributed by atoms with Gasteiger partial charge in [0.2, 0.25) is 5.91 Å². The molecule has 0 aromatic rings. The molecule has 0 saturated heterocycles. The largest absolute Gasteiger partial charge is 0.390 e. The molecule has 27 heavy (non-hydrogen) atoms. The quantitative estimate of drug-likeness (QED) is 0.284. The normalized spacial score (nSPS) is 31.7. The second-order valence-electron chi connectivity index (χ2n) is 7.53. The van der Waals surface area contributed by atoms with E-state index >= 15 is 0 Å². The van der Waals surface area contributed by atoms with Crippen LogP contribution in [0.15, 0.2) is 0 Å². The zero-order valence-corrected chi connectivity index (χ0v) is 15.3. The number of primary amides is 1. The fourth-order valence-electron chi connectivity index (χ4n) is 3.73. The second kappa shape index (κ2) is 9.34. The summed E-state index contributed by atoms with van der Waals surface area (Å²) in [5.41, 5.74) is 3.03. The van der Waals surface area contributed by atoms with Crippen LogP contribution in [0.3, 0.4) is 0 Å². The van der Waals surface area contributed by atoms with Gasteiger partial charge in [-0.2, -0.15) is 0 Å². The number of amides is 4. The van der Waals surface area contributed by atoms with Crippen molar-refractivity contribution >= 4 is 17.8 Å². The van der Waals surface area contributed by atoms with Crippen molar-refractivity contribution in [2.45, 2.75) is 81.3 Å². The Morgan fingerprint density at radius 2 is 1.70 bits per heavy atom. The lowest BCUT2D eigenvalue weighted by molar-refractivity contribution is -0.157. The van der Waals surface area contributed by atoms with E-state index in [2.05, 4.69) is 16.0 Å². The number of rotatable bonds is 6. The Morgan fingerprint density at radius 3 is 2.33 bits per heavy atom. The second-order valence-corrected chi connectivity index (χ2v) is 7.53. The molecule has 0 radical (unpaired) electrons. The van der Waals surface area contributed by atoms with E-state index in [0.717, 1.165) is 32.1 Å². The number of hydrogen-bond acceptors (Lipinski definition) is 6. The van der Waals surface area contributed by atoms with Crippen molar-refractivity contribution in [1.82, 2.24) is 16.0 Å². The lowest BCUT2D eigenvalue weighted by Crippen LogP contribution is -2.64. The highest BCUT2D eigenvalue weighted by atomic mass is 16.3. The van der Waals surface area contributed by atoms with Crippen LogP contribution in [0.25, 0.3) is 0 Å². The molecule has 2 aliphatic carbocycles. The van der Waals surface area contributed by atoms with E-state index in [1.807, 2.05) is 0 Å². The van der Waals surface area contributed by atoms with Crippen molar-refractivity contribution in [3.05, 3.63) is 0 Å². The van der Waals surface area contributed by atoms with Crippen LogP contribution in [0.1, 0.15) is 51.4 Å². The minimum absolute atomic E-state index is 0.0462. The molecule has 0 aromatic heterocycles. The molecule has 4 atom stereocenters. The Labute approximate surface area is 157 Å². The summed E-state index contributed by atoms with van der Waals surface area (Å²) in [6, 6.07) is -1.44. The molecule has 4 amide bonds. The van der Waals surface area contributed by atoms with Crippen molar-refractivity contribution in [3.8, 4) is 0 Å². The van der Waals surface area contributed by atoms with Gasteiger partial charge >= 0.3 is 6.03 Å². The van der Waals surface area contributed by atoms with E-state index in [4.69, 9.17) is 5.73 Å². The number of hydrogen-bond donors (Lipinski definition) is 7. The van der Waals surface area contributed by atoms with E-state index < -0.39 is 41.7 Å². The number of carbonyl (C=O) groups excluding carboxylic acids is 3. The van der Waals surface area contributed by atoms with Crippen molar-refractivity contribution in [2.75, 3.05) is 6.54 Å². The first-order valence-corrected chi connectivity index (χ1v) is 9.43. The zero-order valence-electron chi connectivity index (χ0n) is 15.3. The van der Waals surface area contributed by atoms with Gasteiger partial charge in [-0.25, -0.2) is 4.79 Å². The predicted molar refractivity (Wildman–Crippen MR) is 95.3 cm³/mol. The lowest BCUT2D eigenvalue weighted by atomic mass is 9.77. The van der Waals surface area contributed by atoms with Gasteiger partial charge in [0.1, 0.15) is 11.7 Å². The van der Waals surface area contributed by atoms with Crippen LogP contribution in [0.2, 0.25) is 0 Å². The maximum Gasteiger partial charge on any atom is 0.315 e. The van der Waals surface area contributed by atoms with Gasteiger partial charge in [-0.05, 0) is 12.8 Å². The van der Waals surface area contributed by atoms with E-state index in [9.17, 15) is 29.7 Å². The highest BCUT2D eigenvalue weighted by molar-refractivity contribution is 5.86. The average Bonchev–Trinajstić information content (AvgIpc) is 2.59. The highest BCUT2D eigenvalue weighted by Crippen LogP contribution is 2.29. The number of nitrogens with two attached hydrogens (primary N) is 1. The summed E-state index contributed by atoms with van der Waals surface area (Å²) in [6.45, 7) is -0.0462. The molecule has 2 fully saturated rings. The van der Waals surface area contributed by atoms with Crippen molar-refractivity contribution in [3.63, 3.8) is 0 Å². The van der Waals surface area contributed by atoms with Gasteiger partial charge in [-0.1, -0.05) is 19.3 Å². The first-order chi connectivity index (χ1) is 12.7. The molecule has 0 heterocycles. The molecule has 0 aromatic carbocycles. The van der Waals surface area contributed by atoms with Crippen LogP contribution in [0.4, 0.5) is 4.79 Å². The molecular formula is C17H30N4O6. The molecule has 10 nitrogen and oxygen atoms in total. The maximum absolute atomic E-state index is 12.3. The van der Waals surface area contributed by atoms with Crippen molar-refractivity contribution in [1.29, 1.82) is 0 Å². The Kier molecular flexibility index (Phi) is 7.40. The van der Waals surface area contributed by atoms with Crippen LogP contribution >= 0.6 is 0 Å². The third-order valence-corrected chi connectivity index (χ3v) is 5.25. The Balaban J connectivity index is 1.93. The molecule has 2 rings (SSSR count). The highest BCUT2D eigenvalue weighted by Gasteiger charge is 2.49. The molecule has 0 unspecified atom stereocenters. The summed E-state index contributed by atoms with van der Waals surface area (Å²) in [6.07, 6.45) is 1.59. The smallest absolute Gasteiger partial charge is 0.315 e. The molecule has 10 heteroatoms. The molecule has 0 bridgehead atoms. The van der Waals surface area contributed by atoms with Crippen molar-refractivity contribution in [2.24, 2.45) is 5.73 Å². The van der Waals surface area contributed by atoms with Gasteiger partial charge < -0.3 is 37.0 Å². The molecule has 154 valence electrons. The minimum Gasteiger partial charge on any atom is -0.390 e. The van der Waals surface area contributed by atoms with Crippen LogP contribution in [-0.4, -0.2) is 69.6 Å². The predicted octanol–water partition coefficient (Wildman–Crippen LogP) is -1.77. The number of aliphatic hydroxyl groups is 3. The molecule has 2 saturated carbocycles. The number of nitrogens with one attached hydrogen (secondary N) is 3. The molecule has 0 aliphatic heterocycles. The summed E-state index contributed by atoms with van der Waals surface area (Å²) in [5, 5.41) is 38.6. The van der Waals surface area contributed by atoms with E-state index in [1.54, 1.807) is 0 Å². The topological polar surface area (TPSA) is 174 Å². The summed E-state index contributed by atoms with van der Waals surface area (Å²) in [5.74, 6) is -1.38. The lowest BCUT2D eigenvalue weighted by Gasteiger charge is -2.41. The van der Waals surface area contributed by atoms with Gasteiger partial charge in [-0.15, -0.1) is 0 Å². The van der Waals surface area contributed by atoms with E-state index in [0.29, 0.717) is 0 Å². The summed E-state index contributed by atoms with van der Waals surface area (Å²) in [4.78, 5) is 35.2. The minimum atomic E-state index is -1.97. The van der Waals surface area contributed by atoms with Gasteiger partial charge in [-0.3, -0.25) is 9.59 Å². The van der Waals surface area contributed by atoms with Gasteiger partial charge in [0.25, 0.3) is 5.91 Å². The monoisotopic (exact) mass is 386 g/mol. The Bertz CT molecular complexity index is 554. The molecule has 0 spiro atoms. The number of aliphatic hydroxyl groups excluding tert-OH is 2. The van der Waals surface area contributed by atoms with Crippen LogP contribution in [0, 0.1) is 0 Å². The van der Waals surface area contributed by atoms with Crippen LogP contribution < -0.4 is 21.7 Å². The van der Waals surface area contributed by atoms with Gasteiger partial charge in [0.15, 0.2) is 0 Å². The van der Waals surface area contributed by atoms with E-state index in [-0.39, 0.29) is 31.8 Å². The Hall–Kier alpha value is -1.91. The summed E-state index contributed by atoms with van der Waals surface area (Å²) in [7, 11) is 0. The van der Waals surface area contributed by atoms with Crippen LogP contribution in [0.5, 0.6) is 0 Å². The first kappa shape index (κ1) is 21.4. The van der Waals surface area contributed by atoms with E-state index in [1.165, 1.54) is 0 Å². The fourth-order valence-corrected chi connectivity index (χ4v) is 3.73. The number of urea groups is 1.